The molecule has 2 fully saturated rings. The summed E-state index contributed by atoms with van der Waals surface area (Å²) in [5, 5.41) is 16.1. The van der Waals surface area contributed by atoms with E-state index in [0.717, 1.165) is 19.4 Å². The molecule has 3 aliphatic rings. The summed E-state index contributed by atoms with van der Waals surface area (Å²) in [6.45, 7) is 1.10. The average molecular weight is 494 g/mol. The predicted octanol–water partition coefficient (Wildman–Crippen LogP) is 4.05. The Labute approximate surface area is 204 Å². The Kier molecular flexibility index (Phi) is 4.50. The minimum atomic E-state index is -0.655. The maximum Gasteiger partial charge on any atom is 0.318 e. The molecule has 0 radical (unpaired) electrons. The first kappa shape index (κ1) is 20.9. The summed E-state index contributed by atoms with van der Waals surface area (Å²) in [6, 6.07) is 9.02. The number of ether oxygens (including phenoxy) is 2. The fourth-order valence-corrected chi connectivity index (χ4v) is 6.02. The predicted molar refractivity (Wildman–Crippen MR) is 130 cm³/mol. The lowest BCUT2D eigenvalue weighted by Crippen LogP contribution is -2.60. The van der Waals surface area contributed by atoms with E-state index in [9.17, 15) is 5.11 Å². The number of hydrogen-bond donors (Lipinski definition) is 2. The van der Waals surface area contributed by atoms with E-state index in [0.29, 0.717) is 45.2 Å². The highest BCUT2D eigenvalue weighted by Gasteiger charge is 2.44. The van der Waals surface area contributed by atoms with Crippen molar-refractivity contribution in [2.45, 2.75) is 31.0 Å². The van der Waals surface area contributed by atoms with Gasteiger partial charge in [-0.05, 0) is 36.4 Å². The zero-order valence-corrected chi connectivity index (χ0v) is 19.5. The van der Waals surface area contributed by atoms with Crippen LogP contribution in [0.15, 0.2) is 30.3 Å². The highest BCUT2D eigenvalue weighted by molar-refractivity contribution is 6.36. The Morgan fingerprint density at radius 1 is 1.20 bits per heavy atom. The monoisotopic (exact) mass is 493 g/mol. The summed E-state index contributed by atoms with van der Waals surface area (Å²) >= 11 is 6.52. The number of aromatic hydroxyl groups is 1. The van der Waals surface area contributed by atoms with Crippen molar-refractivity contribution < 1.29 is 19.0 Å². The number of nitrogens with zero attached hydrogens (tertiary/aromatic N) is 4. The fourth-order valence-electron chi connectivity index (χ4n) is 5.74. The number of pyridine rings is 1. The highest BCUT2D eigenvalue weighted by Crippen LogP contribution is 2.44. The van der Waals surface area contributed by atoms with E-state index in [1.165, 1.54) is 13.2 Å². The smallest absolute Gasteiger partial charge is 0.318 e. The van der Waals surface area contributed by atoms with E-state index < -0.39 is 5.82 Å². The van der Waals surface area contributed by atoms with Gasteiger partial charge in [0.15, 0.2) is 5.82 Å². The lowest BCUT2D eigenvalue weighted by atomic mass is 10.00. The third kappa shape index (κ3) is 3.04. The molecular formula is C25H21ClFN5O3. The number of phenols is 1. The standard InChI is InChI=1S/C25H21ClFN5O3/c1-34-25-30-22-19-23(31-25)32-9-12-5-6-16(28-12)17(32)10-35-24(19)29-21(20(22)27)14-8-13(33)7-11-3-2-4-15(26)18(11)14/h2-4,7-8,12,16-17,28,33H,5-6,9-10H2,1H3. The summed E-state index contributed by atoms with van der Waals surface area (Å²) in [4.78, 5) is 15.8. The zero-order chi connectivity index (χ0) is 23.8. The number of nitrogens with one attached hydrogen (secondary N) is 1. The molecule has 3 atom stereocenters. The Morgan fingerprint density at radius 2 is 2.09 bits per heavy atom. The number of anilines is 1. The largest absolute Gasteiger partial charge is 0.508 e. The Balaban J connectivity index is 1.53. The van der Waals surface area contributed by atoms with Crippen molar-refractivity contribution in [2.24, 2.45) is 0 Å². The third-order valence-electron chi connectivity index (χ3n) is 7.28. The highest BCUT2D eigenvalue weighted by atomic mass is 35.5. The number of methoxy groups -OCH3 is 1. The molecule has 10 heteroatoms. The van der Waals surface area contributed by atoms with Crippen molar-refractivity contribution >= 4 is 39.1 Å². The van der Waals surface area contributed by atoms with Crippen molar-refractivity contribution in [2.75, 3.05) is 25.2 Å². The SMILES string of the molecule is COc1nc2c3c(nc(-c4cc(O)cc5cccc(Cl)c45)c(F)c3n1)OCC1C3CCC(CN21)N3. The van der Waals surface area contributed by atoms with E-state index >= 15 is 4.39 Å². The van der Waals surface area contributed by atoms with Crippen LogP contribution < -0.4 is 19.7 Å². The van der Waals surface area contributed by atoms with Crippen molar-refractivity contribution in [1.29, 1.82) is 0 Å². The maximum absolute atomic E-state index is 16.3. The van der Waals surface area contributed by atoms with Gasteiger partial charge in [-0.15, -0.1) is 0 Å². The van der Waals surface area contributed by atoms with Gasteiger partial charge in [0, 0.05) is 34.6 Å². The molecular weight excluding hydrogens is 473 g/mol. The summed E-state index contributed by atoms with van der Waals surface area (Å²) in [5.41, 5.74) is 0.404. The first-order valence-corrected chi connectivity index (χ1v) is 11.9. The van der Waals surface area contributed by atoms with Crippen LogP contribution in [-0.4, -0.2) is 58.4 Å². The molecule has 2 N–H and O–H groups in total. The number of piperazine rings is 1. The molecule has 2 aromatic carbocycles. The van der Waals surface area contributed by atoms with Gasteiger partial charge in [0.2, 0.25) is 5.88 Å². The van der Waals surface area contributed by atoms with E-state index in [1.807, 2.05) is 0 Å². The maximum atomic E-state index is 16.3. The summed E-state index contributed by atoms with van der Waals surface area (Å²) in [5.74, 6) is 0.142. The molecule has 2 bridgehead atoms. The van der Waals surface area contributed by atoms with Gasteiger partial charge < -0.3 is 24.8 Å². The molecule has 2 saturated heterocycles. The van der Waals surface area contributed by atoms with Crippen LogP contribution in [0.3, 0.4) is 0 Å². The first-order valence-electron chi connectivity index (χ1n) is 11.5. The fraction of sp³-hybridized carbons (Fsp3) is 0.320. The van der Waals surface area contributed by atoms with Crippen molar-refractivity contribution in [3.8, 4) is 28.9 Å². The van der Waals surface area contributed by atoms with Gasteiger partial charge in [-0.3, -0.25) is 0 Å². The zero-order valence-electron chi connectivity index (χ0n) is 18.8. The van der Waals surface area contributed by atoms with Crippen LogP contribution in [0.25, 0.3) is 32.9 Å². The van der Waals surface area contributed by atoms with Crippen LogP contribution >= 0.6 is 11.6 Å². The molecule has 2 aromatic heterocycles. The van der Waals surface area contributed by atoms with Crippen LogP contribution in [-0.2, 0) is 0 Å². The van der Waals surface area contributed by atoms with Crippen LogP contribution in [0, 0.1) is 5.82 Å². The third-order valence-corrected chi connectivity index (χ3v) is 7.60. The van der Waals surface area contributed by atoms with Crippen LogP contribution in [0.4, 0.5) is 10.2 Å². The molecule has 178 valence electrons. The Hall–Kier alpha value is -3.43. The normalized spacial score (nSPS) is 22.7. The quantitative estimate of drug-likeness (QED) is 0.432. The topological polar surface area (TPSA) is 92.6 Å². The summed E-state index contributed by atoms with van der Waals surface area (Å²) in [6.07, 6.45) is 2.12. The second kappa shape index (κ2) is 7.53. The number of hydrogen-bond acceptors (Lipinski definition) is 8. The van der Waals surface area contributed by atoms with E-state index in [2.05, 4.69) is 25.2 Å². The minimum absolute atomic E-state index is 0.00674. The number of aromatic nitrogens is 3. The molecule has 8 nitrogen and oxygen atoms in total. The van der Waals surface area contributed by atoms with Gasteiger partial charge in [0.25, 0.3) is 0 Å². The summed E-state index contributed by atoms with van der Waals surface area (Å²) in [7, 11) is 1.46. The van der Waals surface area contributed by atoms with Crippen molar-refractivity contribution in [3.05, 3.63) is 41.2 Å². The first-order chi connectivity index (χ1) is 17.0. The molecule has 0 saturated carbocycles. The molecule has 0 aliphatic carbocycles. The lowest BCUT2D eigenvalue weighted by molar-refractivity contribution is 0.238. The Morgan fingerprint density at radius 3 is 2.94 bits per heavy atom. The lowest BCUT2D eigenvalue weighted by Gasteiger charge is -2.40. The van der Waals surface area contributed by atoms with E-state index in [4.69, 9.17) is 21.1 Å². The molecule has 0 spiro atoms. The molecule has 0 amide bonds. The van der Waals surface area contributed by atoms with E-state index in [1.54, 1.807) is 24.3 Å². The van der Waals surface area contributed by atoms with Crippen LogP contribution in [0.1, 0.15) is 12.8 Å². The van der Waals surface area contributed by atoms with Crippen molar-refractivity contribution in [3.63, 3.8) is 0 Å². The number of fused-ring (bicyclic) bond motifs is 6. The van der Waals surface area contributed by atoms with E-state index in [-0.39, 0.29) is 40.9 Å². The number of halogens is 2. The second-order valence-electron chi connectivity index (χ2n) is 9.25. The minimum Gasteiger partial charge on any atom is -0.508 e. The Bertz CT molecular complexity index is 1530. The van der Waals surface area contributed by atoms with Crippen LogP contribution in [0.2, 0.25) is 5.02 Å². The van der Waals surface area contributed by atoms with Gasteiger partial charge >= 0.3 is 6.01 Å². The number of phenolic OH excluding ortho intramolecular Hbond substituents is 1. The number of benzene rings is 2. The van der Waals surface area contributed by atoms with Gasteiger partial charge in [-0.1, -0.05) is 23.7 Å². The van der Waals surface area contributed by atoms with Gasteiger partial charge in [-0.2, -0.15) is 9.97 Å². The molecule has 3 aliphatic heterocycles. The van der Waals surface area contributed by atoms with Crippen LogP contribution in [0.5, 0.6) is 17.6 Å². The van der Waals surface area contributed by atoms with Crippen molar-refractivity contribution in [1.82, 2.24) is 20.3 Å². The second-order valence-corrected chi connectivity index (χ2v) is 9.65. The average Bonchev–Trinajstić information content (AvgIpc) is 3.17. The van der Waals surface area contributed by atoms with Gasteiger partial charge in [0.1, 0.15) is 34.8 Å². The van der Waals surface area contributed by atoms with Gasteiger partial charge in [-0.25, -0.2) is 9.37 Å². The number of rotatable bonds is 2. The molecule has 4 aromatic rings. The molecule has 3 unspecified atom stereocenters. The van der Waals surface area contributed by atoms with Gasteiger partial charge in [0.05, 0.1) is 13.2 Å². The molecule has 7 rings (SSSR count). The molecule has 5 heterocycles. The summed E-state index contributed by atoms with van der Waals surface area (Å²) < 4.78 is 27.9. The molecule has 35 heavy (non-hydrogen) atoms.